The van der Waals surface area contributed by atoms with Gasteiger partial charge in [-0.1, -0.05) is 35.5 Å². The van der Waals surface area contributed by atoms with E-state index >= 15 is 0 Å². The molecule has 0 atom stereocenters. The van der Waals surface area contributed by atoms with Gasteiger partial charge < -0.3 is 0 Å². The van der Waals surface area contributed by atoms with E-state index in [-0.39, 0.29) is 17.1 Å². The zero-order valence-electron chi connectivity index (χ0n) is 17.1. The van der Waals surface area contributed by atoms with Crippen molar-refractivity contribution >= 4 is 26.6 Å². The van der Waals surface area contributed by atoms with Crippen molar-refractivity contribution in [1.29, 1.82) is 0 Å². The second kappa shape index (κ2) is 7.02. The van der Waals surface area contributed by atoms with E-state index in [1.807, 2.05) is 24.3 Å². The van der Waals surface area contributed by atoms with Crippen LogP contribution in [0.4, 0.5) is 5.69 Å². The minimum atomic E-state index is -3.80. The van der Waals surface area contributed by atoms with Gasteiger partial charge in [0.15, 0.2) is 0 Å². The highest BCUT2D eigenvalue weighted by atomic mass is 32.2. The lowest BCUT2D eigenvalue weighted by Gasteiger charge is -2.19. The van der Waals surface area contributed by atoms with Crippen molar-refractivity contribution in [3.8, 4) is 0 Å². The van der Waals surface area contributed by atoms with Crippen LogP contribution in [-0.4, -0.2) is 39.7 Å². The van der Waals surface area contributed by atoms with E-state index in [2.05, 4.69) is 15.4 Å². The van der Waals surface area contributed by atoms with Crippen molar-refractivity contribution in [2.24, 2.45) is 0 Å². The highest BCUT2D eigenvalue weighted by Crippen LogP contribution is 2.34. The van der Waals surface area contributed by atoms with Crippen molar-refractivity contribution in [2.75, 3.05) is 10.8 Å². The van der Waals surface area contributed by atoms with Crippen LogP contribution in [0, 0.1) is 13.8 Å². The van der Waals surface area contributed by atoms with Gasteiger partial charge in [-0.05, 0) is 44.0 Å². The Morgan fingerprint density at radius 3 is 2.58 bits per heavy atom. The predicted octanol–water partition coefficient (Wildman–Crippen LogP) is 1.86. The smallest absolute Gasteiger partial charge is 0.267 e. The van der Waals surface area contributed by atoms with Gasteiger partial charge in [0.05, 0.1) is 22.5 Å². The summed E-state index contributed by atoms with van der Waals surface area (Å²) in [6.45, 7) is 3.71. The van der Waals surface area contributed by atoms with Gasteiger partial charge in [-0.15, -0.1) is 5.10 Å². The van der Waals surface area contributed by atoms with Crippen LogP contribution >= 0.6 is 0 Å². The number of rotatable bonds is 4. The number of hydrogen-bond donors (Lipinski definition) is 0. The highest BCUT2D eigenvalue weighted by molar-refractivity contribution is 7.93. The molecule has 0 N–H and O–H groups in total. The Kier molecular flexibility index (Phi) is 4.40. The summed E-state index contributed by atoms with van der Waals surface area (Å²) < 4.78 is 31.1. The van der Waals surface area contributed by atoms with Crippen LogP contribution in [-0.2, 0) is 23.1 Å². The molecule has 0 saturated heterocycles. The zero-order valence-corrected chi connectivity index (χ0v) is 17.9. The summed E-state index contributed by atoms with van der Waals surface area (Å²) in [7, 11) is -3.80. The van der Waals surface area contributed by atoms with E-state index in [0.29, 0.717) is 40.9 Å². The molecule has 9 nitrogen and oxygen atoms in total. The van der Waals surface area contributed by atoms with Crippen molar-refractivity contribution in [1.82, 2.24) is 24.8 Å². The van der Waals surface area contributed by atoms with Crippen LogP contribution in [0.3, 0.4) is 0 Å². The third kappa shape index (κ3) is 3.02. The summed E-state index contributed by atoms with van der Waals surface area (Å²) >= 11 is 0. The molecule has 0 amide bonds. The van der Waals surface area contributed by atoms with Gasteiger partial charge in [-0.2, -0.15) is 9.78 Å². The summed E-state index contributed by atoms with van der Waals surface area (Å²) in [5, 5.41) is 12.9. The van der Waals surface area contributed by atoms with E-state index in [4.69, 9.17) is 0 Å². The lowest BCUT2D eigenvalue weighted by atomic mass is 10.2. The lowest BCUT2D eigenvalue weighted by Crippen LogP contribution is -2.30. The number of nitrogens with zero attached hydrogens (tertiary/aromatic N) is 6. The molecule has 0 bridgehead atoms. The minimum Gasteiger partial charge on any atom is -0.267 e. The average molecular weight is 436 g/mol. The van der Waals surface area contributed by atoms with Crippen molar-refractivity contribution in [2.45, 2.75) is 31.8 Å². The van der Waals surface area contributed by atoms with E-state index < -0.39 is 10.0 Å². The summed E-state index contributed by atoms with van der Waals surface area (Å²) in [4.78, 5) is 12.9. The standard InChI is InChI=1S/C21H20N6O3S/c1-14-20(31(29,30)27-12-11-16-7-3-6-10-19(16)27)15(2)25(23-14)13-26-21(28)17-8-4-5-9-18(17)22-24-26/h3-10H,11-13H2,1-2H3. The van der Waals surface area contributed by atoms with Crippen molar-refractivity contribution < 1.29 is 8.42 Å². The number of sulfonamides is 1. The van der Waals surface area contributed by atoms with E-state index in [9.17, 15) is 13.2 Å². The Morgan fingerprint density at radius 1 is 1.00 bits per heavy atom. The van der Waals surface area contributed by atoms with Gasteiger partial charge in [-0.25, -0.2) is 13.1 Å². The monoisotopic (exact) mass is 436 g/mol. The number of fused-ring (bicyclic) bond motifs is 2. The number of anilines is 1. The molecule has 0 aliphatic carbocycles. The number of aryl methyl sites for hydroxylation is 1. The third-order valence-electron chi connectivity index (χ3n) is 5.60. The maximum atomic E-state index is 13.5. The topological polar surface area (TPSA) is 103 Å². The molecule has 3 heterocycles. The second-order valence-corrected chi connectivity index (χ2v) is 9.31. The van der Waals surface area contributed by atoms with E-state index in [0.717, 1.165) is 5.56 Å². The van der Waals surface area contributed by atoms with Crippen molar-refractivity contribution in [3.05, 3.63) is 75.8 Å². The number of benzene rings is 2. The maximum Gasteiger partial charge on any atom is 0.279 e. The Hall–Kier alpha value is -3.53. The fraction of sp³-hybridized carbons (Fsp3) is 0.238. The molecule has 1 aliphatic rings. The Balaban J connectivity index is 1.55. The molecule has 10 heteroatoms. The molecule has 0 fully saturated rings. The quantitative estimate of drug-likeness (QED) is 0.484. The van der Waals surface area contributed by atoms with Gasteiger partial charge in [-0.3, -0.25) is 9.10 Å². The molecule has 0 spiro atoms. The zero-order chi connectivity index (χ0) is 21.8. The molecule has 31 heavy (non-hydrogen) atoms. The molecule has 0 saturated carbocycles. The summed E-state index contributed by atoms with van der Waals surface area (Å²) in [6.07, 6.45) is 0.670. The first-order valence-electron chi connectivity index (χ1n) is 9.85. The van der Waals surface area contributed by atoms with E-state index in [1.54, 1.807) is 38.1 Å². The van der Waals surface area contributed by atoms with Gasteiger partial charge in [0.2, 0.25) is 0 Å². The molecule has 0 unspecified atom stereocenters. The van der Waals surface area contributed by atoms with Crippen molar-refractivity contribution in [3.63, 3.8) is 0 Å². The first-order valence-corrected chi connectivity index (χ1v) is 11.3. The third-order valence-corrected chi connectivity index (χ3v) is 7.67. The molecule has 2 aromatic heterocycles. The van der Waals surface area contributed by atoms with Crippen LogP contribution in [0.1, 0.15) is 17.0 Å². The Bertz CT molecular complexity index is 1490. The average Bonchev–Trinajstić information content (AvgIpc) is 3.31. The summed E-state index contributed by atoms with van der Waals surface area (Å²) in [6, 6.07) is 14.5. The van der Waals surface area contributed by atoms with Gasteiger partial charge in [0, 0.05) is 6.54 Å². The maximum absolute atomic E-state index is 13.5. The molecular formula is C21H20N6O3S. The molecule has 2 aromatic carbocycles. The van der Waals surface area contributed by atoms with Gasteiger partial charge >= 0.3 is 0 Å². The number of para-hydroxylation sites is 1. The summed E-state index contributed by atoms with van der Waals surface area (Å²) in [5.74, 6) is 0. The van der Waals surface area contributed by atoms with Crippen LogP contribution in [0.5, 0.6) is 0 Å². The second-order valence-electron chi connectivity index (χ2n) is 7.51. The molecule has 4 aromatic rings. The highest BCUT2D eigenvalue weighted by Gasteiger charge is 2.35. The van der Waals surface area contributed by atoms with Crippen LogP contribution in [0.25, 0.3) is 10.9 Å². The Morgan fingerprint density at radius 2 is 1.74 bits per heavy atom. The lowest BCUT2D eigenvalue weighted by molar-refractivity contribution is 0.455. The minimum absolute atomic E-state index is 0.0323. The first-order chi connectivity index (χ1) is 14.9. The fourth-order valence-electron chi connectivity index (χ4n) is 4.10. The first kappa shape index (κ1) is 19.4. The predicted molar refractivity (Wildman–Crippen MR) is 116 cm³/mol. The van der Waals surface area contributed by atoms with Gasteiger partial charge in [0.25, 0.3) is 15.6 Å². The van der Waals surface area contributed by atoms with E-state index in [1.165, 1.54) is 13.7 Å². The molecule has 158 valence electrons. The van der Waals surface area contributed by atoms with Crippen LogP contribution in [0.15, 0.2) is 58.2 Å². The van der Waals surface area contributed by atoms with Crippen LogP contribution < -0.4 is 9.86 Å². The fourth-order valence-corrected chi connectivity index (χ4v) is 5.98. The SMILES string of the molecule is Cc1nn(Cn2nnc3ccccc3c2=O)c(C)c1S(=O)(=O)N1CCc2ccccc21. The molecule has 1 aliphatic heterocycles. The number of aromatic nitrogens is 5. The summed E-state index contributed by atoms with van der Waals surface area (Å²) in [5.41, 5.74) is 2.73. The largest absolute Gasteiger partial charge is 0.279 e. The molecule has 5 rings (SSSR count). The normalized spacial score (nSPS) is 13.7. The molecular weight excluding hydrogens is 416 g/mol. The molecule has 0 radical (unpaired) electrons. The van der Waals surface area contributed by atoms with Crippen LogP contribution in [0.2, 0.25) is 0 Å². The van der Waals surface area contributed by atoms with Gasteiger partial charge in [0.1, 0.15) is 17.1 Å². The number of hydrogen-bond acceptors (Lipinski definition) is 6. The Labute approximate surface area is 178 Å².